The van der Waals surface area contributed by atoms with Crippen LogP contribution in [0, 0.1) is 10.1 Å². The van der Waals surface area contributed by atoms with E-state index in [0.29, 0.717) is 25.2 Å². The van der Waals surface area contributed by atoms with E-state index in [0.717, 1.165) is 6.42 Å². The summed E-state index contributed by atoms with van der Waals surface area (Å²) in [6.07, 6.45) is 1.42. The summed E-state index contributed by atoms with van der Waals surface area (Å²) >= 11 is 0. The highest BCUT2D eigenvalue weighted by atomic mass is 16.6. The molecule has 1 aliphatic rings. The Morgan fingerprint density at radius 1 is 1.55 bits per heavy atom. The molecule has 1 saturated heterocycles. The van der Waals surface area contributed by atoms with Gasteiger partial charge in [-0.2, -0.15) is 0 Å². The Bertz CT molecular complexity index is 557. The van der Waals surface area contributed by atoms with Gasteiger partial charge in [0.1, 0.15) is 5.69 Å². The zero-order chi connectivity index (χ0) is 14.9. The summed E-state index contributed by atoms with van der Waals surface area (Å²) in [6, 6.07) is 4.16. The molecule has 1 aromatic rings. The van der Waals surface area contributed by atoms with Crippen LogP contribution in [0.5, 0.6) is 0 Å². The highest BCUT2D eigenvalue weighted by molar-refractivity contribution is 5.94. The minimum absolute atomic E-state index is 0.101. The largest absolute Gasteiger partial charge is 0.388 e. The van der Waals surface area contributed by atoms with Crippen molar-refractivity contribution in [1.82, 2.24) is 0 Å². The molecule has 1 amide bonds. The van der Waals surface area contributed by atoms with Crippen molar-refractivity contribution in [3.63, 3.8) is 0 Å². The van der Waals surface area contributed by atoms with Gasteiger partial charge in [0.05, 0.1) is 10.5 Å². The minimum Gasteiger partial charge on any atom is -0.388 e. The molecule has 1 fully saturated rings. The van der Waals surface area contributed by atoms with Crippen LogP contribution in [0.4, 0.5) is 11.4 Å². The molecule has 1 aromatic carbocycles. The molecule has 108 valence electrons. The van der Waals surface area contributed by atoms with Gasteiger partial charge in [-0.25, -0.2) is 0 Å². The number of nitrogens with zero attached hydrogens (tertiary/aromatic N) is 2. The molecule has 0 aliphatic carbocycles. The number of β-amino-alcohol motifs (C(OH)–C–C–N with tert-alkyl or cyclic N) is 1. The Morgan fingerprint density at radius 2 is 2.25 bits per heavy atom. The summed E-state index contributed by atoms with van der Waals surface area (Å²) in [5, 5.41) is 21.3. The maximum atomic E-state index is 11.2. The first-order chi connectivity index (χ1) is 9.30. The Hall–Kier alpha value is -2.15. The molecule has 1 heterocycles. The van der Waals surface area contributed by atoms with Crippen LogP contribution in [0.15, 0.2) is 18.2 Å². The second kappa shape index (κ2) is 5.09. The van der Waals surface area contributed by atoms with E-state index in [1.807, 2.05) is 0 Å². The Labute approximate surface area is 116 Å². The van der Waals surface area contributed by atoms with E-state index in [1.165, 1.54) is 18.2 Å². The van der Waals surface area contributed by atoms with Gasteiger partial charge in [0, 0.05) is 24.7 Å². The lowest BCUT2D eigenvalue weighted by Crippen LogP contribution is -2.46. The average molecular weight is 279 g/mol. The number of hydrogen-bond donors (Lipinski definition) is 2. The van der Waals surface area contributed by atoms with E-state index >= 15 is 0 Å². The lowest BCUT2D eigenvalue weighted by molar-refractivity contribution is -0.384. The zero-order valence-electron chi connectivity index (χ0n) is 11.2. The van der Waals surface area contributed by atoms with E-state index in [-0.39, 0.29) is 11.3 Å². The lowest BCUT2D eigenvalue weighted by Gasteiger charge is -2.37. The first kappa shape index (κ1) is 14.3. The van der Waals surface area contributed by atoms with Crippen LogP contribution in [0.1, 0.15) is 30.1 Å². The van der Waals surface area contributed by atoms with Gasteiger partial charge >= 0.3 is 0 Å². The summed E-state index contributed by atoms with van der Waals surface area (Å²) in [5.41, 5.74) is 4.61. The van der Waals surface area contributed by atoms with Crippen molar-refractivity contribution in [3.8, 4) is 0 Å². The average Bonchev–Trinajstić information content (AvgIpc) is 2.36. The van der Waals surface area contributed by atoms with Crippen LogP contribution in [0.2, 0.25) is 0 Å². The van der Waals surface area contributed by atoms with Crippen molar-refractivity contribution in [2.45, 2.75) is 25.4 Å². The highest BCUT2D eigenvalue weighted by Crippen LogP contribution is 2.33. The number of nitrogens with two attached hydrogens (primary N) is 1. The summed E-state index contributed by atoms with van der Waals surface area (Å²) in [6.45, 7) is 2.67. The van der Waals surface area contributed by atoms with Gasteiger partial charge in [-0.05, 0) is 31.9 Å². The molecule has 0 spiro atoms. The number of benzene rings is 1. The van der Waals surface area contributed by atoms with Crippen LogP contribution in [0.3, 0.4) is 0 Å². The Kier molecular flexibility index (Phi) is 3.63. The maximum Gasteiger partial charge on any atom is 0.293 e. The third-order valence-corrected chi connectivity index (χ3v) is 3.47. The number of nitro benzene ring substituents is 1. The third kappa shape index (κ3) is 2.88. The van der Waals surface area contributed by atoms with Crippen LogP contribution in [-0.4, -0.2) is 34.6 Å². The number of hydrogen-bond acceptors (Lipinski definition) is 5. The van der Waals surface area contributed by atoms with Gasteiger partial charge in [-0.1, -0.05) is 0 Å². The van der Waals surface area contributed by atoms with Gasteiger partial charge in [0.15, 0.2) is 0 Å². The summed E-state index contributed by atoms with van der Waals surface area (Å²) < 4.78 is 0. The van der Waals surface area contributed by atoms with Gasteiger partial charge in [0.25, 0.3) is 5.69 Å². The normalized spacial score (nSPS) is 22.6. The van der Waals surface area contributed by atoms with E-state index in [4.69, 9.17) is 5.73 Å². The number of anilines is 1. The number of rotatable bonds is 3. The monoisotopic (exact) mass is 279 g/mol. The zero-order valence-corrected chi connectivity index (χ0v) is 11.2. The van der Waals surface area contributed by atoms with Crippen molar-refractivity contribution >= 4 is 17.3 Å². The first-order valence-electron chi connectivity index (χ1n) is 6.36. The number of carbonyl (C=O) groups excluding carboxylic acids is 1. The quantitative estimate of drug-likeness (QED) is 0.634. The number of carbonyl (C=O) groups is 1. The molecule has 0 saturated carbocycles. The third-order valence-electron chi connectivity index (χ3n) is 3.47. The first-order valence-corrected chi connectivity index (χ1v) is 6.36. The number of primary amides is 1. The number of amides is 1. The molecule has 0 aromatic heterocycles. The molecule has 20 heavy (non-hydrogen) atoms. The standard InChI is InChI=1S/C13H17N3O4/c1-13(18)5-2-6-15(8-13)10-4-3-9(12(14)17)7-11(10)16(19)20/h3-4,7,18H,2,5-6,8H2,1H3,(H2,14,17). The fourth-order valence-corrected chi connectivity index (χ4v) is 2.52. The lowest BCUT2D eigenvalue weighted by atomic mass is 9.94. The topological polar surface area (TPSA) is 110 Å². The van der Waals surface area contributed by atoms with Gasteiger partial charge in [-0.15, -0.1) is 0 Å². The van der Waals surface area contributed by atoms with Crippen molar-refractivity contribution in [3.05, 3.63) is 33.9 Å². The van der Waals surface area contributed by atoms with Gasteiger partial charge < -0.3 is 15.7 Å². The van der Waals surface area contributed by atoms with E-state index < -0.39 is 16.4 Å². The van der Waals surface area contributed by atoms with Gasteiger partial charge in [-0.3, -0.25) is 14.9 Å². The van der Waals surface area contributed by atoms with Crippen LogP contribution in [0.25, 0.3) is 0 Å². The van der Waals surface area contributed by atoms with Crippen molar-refractivity contribution in [2.24, 2.45) is 5.73 Å². The molecule has 3 N–H and O–H groups in total. The van der Waals surface area contributed by atoms with Crippen molar-refractivity contribution in [1.29, 1.82) is 0 Å². The smallest absolute Gasteiger partial charge is 0.293 e. The number of piperidine rings is 1. The summed E-state index contributed by atoms with van der Waals surface area (Å²) in [7, 11) is 0. The molecule has 1 unspecified atom stereocenters. The summed E-state index contributed by atoms with van der Waals surface area (Å²) in [5.74, 6) is -0.703. The maximum absolute atomic E-state index is 11.2. The molecule has 0 radical (unpaired) electrons. The molecular weight excluding hydrogens is 262 g/mol. The van der Waals surface area contributed by atoms with Crippen LogP contribution in [-0.2, 0) is 0 Å². The molecule has 7 nitrogen and oxygen atoms in total. The van der Waals surface area contributed by atoms with E-state index in [9.17, 15) is 20.0 Å². The number of aliphatic hydroxyl groups is 1. The molecule has 7 heteroatoms. The molecule has 2 rings (SSSR count). The Balaban J connectivity index is 2.40. The fraction of sp³-hybridized carbons (Fsp3) is 0.462. The van der Waals surface area contributed by atoms with Crippen LogP contribution < -0.4 is 10.6 Å². The predicted molar refractivity (Wildman–Crippen MR) is 73.7 cm³/mol. The van der Waals surface area contributed by atoms with E-state index in [2.05, 4.69) is 0 Å². The van der Waals surface area contributed by atoms with E-state index in [1.54, 1.807) is 11.8 Å². The molecule has 0 bridgehead atoms. The fourth-order valence-electron chi connectivity index (χ4n) is 2.52. The highest BCUT2D eigenvalue weighted by Gasteiger charge is 2.31. The second-order valence-corrected chi connectivity index (χ2v) is 5.35. The molecule has 1 aliphatic heterocycles. The molecular formula is C13H17N3O4. The Morgan fingerprint density at radius 3 is 2.80 bits per heavy atom. The van der Waals surface area contributed by atoms with Crippen molar-refractivity contribution in [2.75, 3.05) is 18.0 Å². The predicted octanol–water partition coefficient (Wildman–Crippen LogP) is 1.04. The van der Waals surface area contributed by atoms with Crippen LogP contribution >= 0.6 is 0 Å². The SMILES string of the molecule is CC1(O)CCCN(c2ccc(C(N)=O)cc2[N+](=O)[O-])C1. The summed E-state index contributed by atoms with van der Waals surface area (Å²) in [4.78, 5) is 23.5. The molecule has 1 atom stereocenters. The second-order valence-electron chi connectivity index (χ2n) is 5.35. The van der Waals surface area contributed by atoms with Crippen molar-refractivity contribution < 1.29 is 14.8 Å². The minimum atomic E-state index is -0.867. The number of nitro groups is 1. The van der Waals surface area contributed by atoms with Gasteiger partial charge in [0.2, 0.25) is 5.91 Å².